The Morgan fingerprint density at radius 2 is 1.46 bits per heavy atom. The van der Waals surface area contributed by atoms with Crippen molar-refractivity contribution in [2.75, 3.05) is 16.8 Å². The predicted octanol–water partition coefficient (Wildman–Crippen LogP) is 4.82. The monoisotopic (exact) mass is 462 g/mol. The summed E-state index contributed by atoms with van der Waals surface area (Å²) in [6, 6.07) is 25.4. The Morgan fingerprint density at radius 1 is 0.800 bits per heavy atom. The highest BCUT2D eigenvalue weighted by atomic mass is 16.2. The van der Waals surface area contributed by atoms with Crippen LogP contribution in [0.2, 0.25) is 0 Å². The van der Waals surface area contributed by atoms with Gasteiger partial charge in [-0.25, -0.2) is 14.5 Å². The first-order chi connectivity index (χ1) is 17.1. The van der Waals surface area contributed by atoms with Crippen LogP contribution < -0.4 is 10.2 Å². The fraction of sp³-hybridized carbons (Fsp3) is 0.179. The molecule has 3 heterocycles. The summed E-state index contributed by atoms with van der Waals surface area (Å²) in [5.74, 6) is -0.262. The standard InChI is InChI=1S/C28H22N4O3/c33-26-25-24-15-19(16-30(24)27(34)29-22-13-5-9-17-7-1-3-11-20(17)22)31(25)28(35)32(26)23-14-6-10-18-8-2-4-12-21(18)23/h1-14,19,24-25H,15-16H2,(H,29,34). The lowest BCUT2D eigenvalue weighted by Gasteiger charge is -2.34. The van der Waals surface area contributed by atoms with E-state index in [-0.39, 0.29) is 30.1 Å². The molecule has 3 unspecified atom stereocenters. The molecule has 3 aliphatic rings. The second-order valence-corrected chi connectivity index (χ2v) is 9.37. The lowest BCUT2D eigenvalue weighted by atomic mass is 10.1. The maximum Gasteiger partial charge on any atom is 0.332 e. The molecule has 0 saturated carbocycles. The molecule has 0 aromatic heterocycles. The van der Waals surface area contributed by atoms with Gasteiger partial charge in [-0.15, -0.1) is 0 Å². The first kappa shape index (κ1) is 20.0. The summed E-state index contributed by atoms with van der Waals surface area (Å²) in [5, 5.41) is 6.87. The first-order valence-corrected chi connectivity index (χ1v) is 11.8. The number of piperazine rings is 1. The molecule has 7 rings (SSSR count). The van der Waals surface area contributed by atoms with Crippen molar-refractivity contribution in [1.29, 1.82) is 0 Å². The van der Waals surface area contributed by atoms with Crippen LogP contribution in [0, 0.1) is 0 Å². The summed E-state index contributed by atoms with van der Waals surface area (Å²) in [4.78, 5) is 45.2. The smallest absolute Gasteiger partial charge is 0.317 e. The fourth-order valence-corrected chi connectivity index (χ4v) is 6.04. The molecular formula is C28H22N4O3. The van der Waals surface area contributed by atoms with E-state index in [9.17, 15) is 14.4 Å². The van der Waals surface area contributed by atoms with Crippen molar-refractivity contribution in [1.82, 2.24) is 9.80 Å². The molecule has 7 heteroatoms. The summed E-state index contributed by atoms with van der Waals surface area (Å²) in [6.07, 6.45) is 0.620. The third kappa shape index (κ3) is 2.81. The molecule has 3 atom stereocenters. The lowest BCUT2D eigenvalue weighted by Crippen LogP contribution is -2.55. The molecule has 0 aliphatic carbocycles. The molecule has 2 bridgehead atoms. The lowest BCUT2D eigenvalue weighted by molar-refractivity contribution is -0.120. The normalized spacial score (nSPS) is 23.0. The summed E-state index contributed by atoms with van der Waals surface area (Å²) in [7, 11) is 0. The summed E-state index contributed by atoms with van der Waals surface area (Å²) in [6.45, 7) is 0.417. The third-order valence-corrected chi connectivity index (χ3v) is 7.56. The minimum absolute atomic E-state index is 0.167. The van der Waals surface area contributed by atoms with E-state index in [1.54, 1.807) is 9.80 Å². The Labute approximate surface area is 201 Å². The van der Waals surface area contributed by atoms with Crippen molar-refractivity contribution in [2.24, 2.45) is 0 Å². The van der Waals surface area contributed by atoms with Crippen LogP contribution in [0.4, 0.5) is 21.0 Å². The number of nitrogens with zero attached hydrogens (tertiary/aromatic N) is 3. The second kappa shape index (κ2) is 7.30. The van der Waals surface area contributed by atoms with E-state index < -0.39 is 6.04 Å². The number of fused-ring (bicyclic) bond motifs is 7. The van der Waals surface area contributed by atoms with E-state index in [0.717, 1.165) is 27.2 Å². The topological polar surface area (TPSA) is 73.0 Å². The van der Waals surface area contributed by atoms with Crippen molar-refractivity contribution in [3.8, 4) is 0 Å². The highest BCUT2D eigenvalue weighted by molar-refractivity contribution is 6.25. The number of carbonyl (C=O) groups excluding carboxylic acids is 3. The molecule has 0 radical (unpaired) electrons. The van der Waals surface area contributed by atoms with Crippen molar-refractivity contribution < 1.29 is 14.4 Å². The van der Waals surface area contributed by atoms with Crippen molar-refractivity contribution >= 4 is 50.9 Å². The predicted molar refractivity (Wildman–Crippen MR) is 134 cm³/mol. The Kier molecular flexibility index (Phi) is 4.18. The molecule has 3 saturated heterocycles. The molecule has 4 aromatic carbocycles. The number of likely N-dealkylation sites (tertiary alicyclic amines) is 1. The molecule has 5 amide bonds. The molecule has 3 aliphatic heterocycles. The largest absolute Gasteiger partial charge is 0.332 e. The molecule has 3 fully saturated rings. The number of urea groups is 2. The first-order valence-electron chi connectivity index (χ1n) is 11.8. The number of hydrogen-bond donors (Lipinski definition) is 1. The molecule has 35 heavy (non-hydrogen) atoms. The number of imide groups is 1. The van der Waals surface area contributed by atoms with Crippen molar-refractivity contribution in [3.63, 3.8) is 0 Å². The number of hydrogen-bond acceptors (Lipinski definition) is 3. The van der Waals surface area contributed by atoms with Gasteiger partial charge in [0.2, 0.25) is 0 Å². The summed E-state index contributed by atoms with van der Waals surface area (Å²) in [5.41, 5.74) is 1.33. The Balaban J connectivity index is 1.19. The number of amides is 5. The molecular weight excluding hydrogens is 440 g/mol. The van der Waals surface area contributed by atoms with Gasteiger partial charge in [0.1, 0.15) is 6.04 Å². The van der Waals surface area contributed by atoms with Crippen LogP contribution in [-0.2, 0) is 4.79 Å². The molecule has 1 N–H and O–H groups in total. The van der Waals surface area contributed by atoms with Gasteiger partial charge >= 0.3 is 12.1 Å². The zero-order valence-electron chi connectivity index (χ0n) is 18.8. The van der Waals surface area contributed by atoms with Gasteiger partial charge in [-0.05, 0) is 29.3 Å². The second-order valence-electron chi connectivity index (χ2n) is 9.37. The molecule has 7 nitrogen and oxygen atoms in total. The van der Waals surface area contributed by atoms with Crippen LogP contribution in [0.3, 0.4) is 0 Å². The van der Waals surface area contributed by atoms with Crippen molar-refractivity contribution in [2.45, 2.75) is 24.5 Å². The maximum atomic E-state index is 13.6. The fourth-order valence-electron chi connectivity index (χ4n) is 6.04. The van der Waals surface area contributed by atoms with Crippen LogP contribution in [-0.4, -0.2) is 52.4 Å². The average Bonchev–Trinajstić information content (AvgIpc) is 3.55. The van der Waals surface area contributed by atoms with Crippen LogP contribution in [0.25, 0.3) is 21.5 Å². The van der Waals surface area contributed by atoms with E-state index in [4.69, 9.17) is 0 Å². The van der Waals surface area contributed by atoms with Crippen molar-refractivity contribution in [3.05, 3.63) is 84.9 Å². The minimum atomic E-state index is -0.654. The highest BCUT2D eigenvalue weighted by Gasteiger charge is 2.63. The van der Waals surface area contributed by atoms with Gasteiger partial charge in [0.05, 0.1) is 23.5 Å². The summed E-state index contributed by atoms with van der Waals surface area (Å²) < 4.78 is 0. The van der Waals surface area contributed by atoms with Crippen LogP contribution in [0.1, 0.15) is 6.42 Å². The van der Waals surface area contributed by atoms with E-state index in [0.29, 0.717) is 18.7 Å². The van der Waals surface area contributed by atoms with Gasteiger partial charge in [0.15, 0.2) is 0 Å². The van der Waals surface area contributed by atoms with Gasteiger partial charge in [-0.1, -0.05) is 72.8 Å². The maximum absolute atomic E-state index is 13.6. The Morgan fingerprint density at radius 3 is 2.26 bits per heavy atom. The zero-order chi connectivity index (χ0) is 23.7. The van der Waals surface area contributed by atoms with E-state index in [1.807, 2.05) is 84.9 Å². The van der Waals surface area contributed by atoms with E-state index in [1.165, 1.54) is 4.90 Å². The third-order valence-electron chi connectivity index (χ3n) is 7.56. The SMILES string of the molecule is O=C1C2C3CC(CN3C(=O)Nc3cccc4ccccc34)N2C(=O)N1c1cccc2ccccc12. The number of nitrogens with one attached hydrogen (secondary N) is 1. The Hall–Kier alpha value is -4.39. The van der Waals surface area contributed by atoms with E-state index >= 15 is 0 Å². The van der Waals surface area contributed by atoms with Gasteiger partial charge in [-0.2, -0.15) is 0 Å². The molecule has 0 spiro atoms. The number of carbonyl (C=O) groups is 3. The number of anilines is 2. The molecule has 172 valence electrons. The van der Waals surface area contributed by atoms with Crippen LogP contribution in [0.15, 0.2) is 84.9 Å². The molecule has 4 aromatic rings. The Bertz CT molecular complexity index is 1540. The van der Waals surface area contributed by atoms with E-state index in [2.05, 4.69) is 5.32 Å². The van der Waals surface area contributed by atoms with Gasteiger partial charge < -0.3 is 15.1 Å². The van der Waals surface area contributed by atoms with Crippen LogP contribution >= 0.6 is 0 Å². The van der Waals surface area contributed by atoms with Gasteiger partial charge in [0.25, 0.3) is 5.91 Å². The summed E-state index contributed by atoms with van der Waals surface area (Å²) >= 11 is 0. The zero-order valence-corrected chi connectivity index (χ0v) is 18.8. The number of benzene rings is 4. The average molecular weight is 463 g/mol. The quantitative estimate of drug-likeness (QED) is 0.434. The van der Waals surface area contributed by atoms with Crippen LogP contribution in [0.5, 0.6) is 0 Å². The highest BCUT2D eigenvalue weighted by Crippen LogP contribution is 2.43. The minimum Gasteiger partial charge on any atom is -0.317 e. The van der Waals surface area contributed by atoms with Gasteiger partial charge in [0, 0.05) is 17.3 Å². The van der Waals surface area contributed by atoms with Gasteiger partial charge in [-0.3, -0.25) is 4.79 Å². The number of rotatable bonds is 2.